The molecule has 0 aliphatic carbocycles. The minimum Gasteiger partial charge on any atom is -0.368 e. The minimum atomic E-state index is -3.46. The molecule has 0 amide bonds. The average molecular weight is 370 g/mol. The molecule has 0 N–H and O–H groups in total. The van der Waals surface area contributed by atoms with E-state index < -0.39 is 10.0 Å². The van der Waals surface area contributed by atoms with Crippen molar-refractivity contribution in [3.05, 3.63) is 53.9 Å². The number of pyridine rings is 1. The largest absolute Gasteiger partial charge is 0.368 e. The Bertz CT molecular complexity index is 879. The van der Waals surface area contributed by atoms with Gasteiger partial charge in [-0.05, 0) is 36.2 Å². The summed E-state index contributed by atoms with van der Waals surface area (Å²) in [7, 11) is -3.46. The molecule has 1 aromatic heterocycles. The molecule has 1 aliphatic rings. The Hall–Kier alpha value is -2.43. The zero-order chi connectivity index (χ0) is 18.6. The lowest BCUT2D eigenvalue weighted by atomic mass is 10.1. The molecule has 1 aromatic carbocycles. The number of benzene rings is 1. The van der Waals surface area contributed by atoms with E-state index in [0.717, 1.165) is 24.1 Å². The molecule has 2 heterocycles. The molecule has 26 heavy (non-hydrogen) atoms. The van der Waals surface area contributed by atoms with Crippen LogP contribution in [0.15, 0.2) is 47.5 Å². The molecule has 1 aliphatic heterocycles. The van der Waals surface area contributed by atoms with E-state index in [1.54, 1.807) is 24.4 Å². The molecule has 7 heteroatoms. The van der Waals surface area contributed by atoms with Gasteiger partial charge in [0.05, 0.1) is 16.8 Å². The fourth-order valence-corrected chi connectivity index (χ4v) is 4.51. The van der Waals surface area contributed by atoms with Crippen LogP contribution in [0.3, 0.4) is 0 Å². The van der Waals surface area contributed by atoms with E-state index in [2.05, 4.69) is 16.8 Å². The average Bonchev–Trinajstić information content (AvgIpc) is 2.69. The van der Waals surface area contributed by atoms with Crippen LogP contribution in [-0.2, 0) is 16.4 Å². The number of rotatable bonds is 5. The summed E-state index contributed by atoms with van der Waals surface area (Å²) in [6.45, 7) is 4.16. The molecule has 1 saturated heterocycles. The number of hydrogen-bond donors (Lipinski definition) is 0. The molecule has 0 saturated carbocycles. The standard InChI is InChI=1S/C19H22N4O2S/c1-2-3-16-4-8-19(9-5-16)26(24,25)23-12-10-22(11-13-23)18-7-6-17(14-20)21-15-18/h4-9,15H,2-3,10-13H2,1H3. The number of nitrogens with zero attached hydrogens (tertiary/aromatic N) is 4. The summed E-state index contributed by atoms with van der Waals surface area (Å²) in [5, 5.41) is 8.82. The van der Waals surface area contributed by atoms with Crippen molar-refractivity contribution in [3.8, 4) is 6.07 Å². The van der Waals surface area contributed by atoms with Crippen LogP contribution >= 0.6 is 0 Å². The molecule has 136 valence electrons. The van der Waals surface area contributed by atoms with Gasteiger partial charge in [0.15, 0.2) is 0 Å². The number of sulfonamides is 1. The van der Waals surface area contributed by atoms with Gasteiger partial charge in [-0.2, -0.15) is 9.57 Å². The number of nitriles is 1. The van der Waals surface area contributed by atoms with E-state index >= 15 is 0 Å². The van der Waals surface area contributed by atoms with Crippen molar-refractivity contribution in [3.63, 3.8) is 0 Å². The highest BCUT2D eigenvalue weighted by atomic mass is 32.2. The van der Waals surface area contributed by atoms with Crippen molar-refractivity contribution < 1.29 is 8.42 Å². The third kappa shape index (κ3) is 3.87. The molecule has 6 nitrogen and oxygen atoms in total. The fraction of sp³-hybridized carbons (Fsp3) is 0.368. The van der Waals surface area contributed by atoms with Crippen LogP contribution in [0.2, 0.25) is 0 Å². The van der Waals surface area contributed by atoms with Crippen molar-refractivity contribution in [1.82, 2.24) is 9.29 Å². The summed E-state index contributed by atoms with van der Waals surface area (Å²) in [6, 6.07) is 12.7. The first kappa shape index (κ1) is 18.4. The zero-order valence-corrected chi connectivity index (χ0v) is 15.6. The topological polar surface area (TPSA) is 77.3 Å². The predicted molar refractivity (Wildman–Crippen MR) is 100 cm³/mol. The molecule has 2 aromatic rings. The van der Waals surface area contributed by atoms with Gasteiger partial charge in [-0.1, -0.05) is 25.5 Å². The van der Waals surface area contributed by atoms with Crippen LogP contribution in [0.4, 0.5) is 5.69 Å². The lowest BCUT2D eigenvalue weighted by molar-refractivity contribution is 0.385. The predicted octanol–water partition coefficient (Wildman–Crippen LogP) is 2.42. The molecular formula is C19H22N4O2S. The van der Waals surface area contributed by atoms with Gasteiger partial charge >= 0.3 is 0 Å². The molecule has 0 radical (unpaired) electrons. The Labute approximate surface area is 154 Å². The highest BCUT2D eigenvalue weighted by Crippen LogP contribution is 2.21. The van der Waals surface area contributed by atoms with Crippen molar-refractivity contribution in [1.29, 1.82) is 5.26 Å². The Balaban J connectivity index is 1.67. The highest BCUT2D eigenvalue weighted by Gasteiger charge is 2.28. The quantitative estimate of drug-likeness (QED) is 0.808. The second kappa shape index (κ2) is 7.85. The number of aromatic nitrogens is 1. The first-order chi connectivity index (χ1) is 12.5. The normalized spacial score (nSPS) is 15.6. The van der Waals surface area contributed by atoms with E-state index in [9.17, 15) is 8.42 Å². The van der Waals surface area contributed by atoms with Gasteiger partial charge in [0.25, 0.3) is 0 Å². The number of piperazine rings is 1. The maximum Gasteiger partial charge on any atom is 0.243 e. The summed E-state index contributed by atoms with van der Waals surface area (Å²) in [6.07, 6.45) is 3.66. The molecule has 0 bridgehead atoms. The monoisotopic (exact) mass is 370 g/mol. The number of hydrogen-bond acceptors (Lipinski definition) is 5. The van der Waals surface area contributed by atoms with Crippen LogP contribution in [0.5, 0.6) is 0 Å². The smallest absolute Gasteiger partial charge is 0.243 e. The summed E-state index contributed by atoms with van der Waals surface area (Å²) in [5.74, 6) is 0. The fourth-order valence-electron chi connectivity index (χ4n) is 3.09. The third-order valence-corrected chi connectivity index (χ3v) is 6.48. The second-order valence-electron chi connectivity index (χ2n) is 6.30. The summed E-state index contributed by atoms with van der Waals surface area (Å²) < 4.78 is 27.2. The van der Waals surface area contributed by atoms with Crippen LogP contribution in [0.1, 0.15) is 24.6 Å². The van der Waals surface area contributed by atoms with Gasteiger partial charge in [0.2, 0.25) is 10.0 Å². The number of aryl methyl sites for hydroxylation is 1. The first-order valence-electron chi connectivity index (χ1n) is 8.75. The van der Waals surface area contributed by atoms with Gasteiger partial charge in [0.1, 0.15) is 11.8 Å². The van der Waals surface area contributed by atoms with E-state index in [1.807, 2.05) is 24.3 Å². The van der Waals surface area contributed by atoms with Crippen molar-refractivity contribution in [2.45, 2.75) is 24.7 Å². The summed E-state index contributed by atoms with van der Waals surface area (Å²) in [4.78, 5) is 6.52. The van der Waals surface area contributed by atoms with E-state index in [0.29, 0.717) is 36.8 Å². The lowest BCUT2D eigenvalue weighted by Crippen LogP contribution is -2.48. The molecule has 0 atom stereocenters. The van der Waals surface area contributed by atoms with Crippen molar-refractivity contribution in [2.75, 3.05) is 31.1 Å². The van der Waals surface area contributed by atoms with Crippen LogP contribution < -0.4 is 4.90 Å². The Kier molecular flexibility index (Phi) is 5.55. The maximum atomic E-state index is 12.8. The molecule has 0 unspecified atom stereocenters. The summed E-state index contributed by atoms with van der Waals surface area (Å²) >= 11 is 0. The minimum absolute atomic E-state index is 0.353. The van der Waals surface area contributed by atoms with Crippen molar-refractivity contribution >= 4 is 15.7 Å². The zero-order valence-electron chi connectivity index (χ0n) is 14.8. The number of anilines is 1. The van der Waals surface area contributed by atoms with E-state index in [-0.39, 0.29) is 0 Å². The second-order valence-corrected chi connectivity index (χ2v) is 8.24. The summed E-state index contributed by atoms with van der Waals surface area (Å²) in [5.41, 5.74) is 2.44. The first-order valence-corrected chi connectivity index (χ1v) is 10.2. The van der Waals surface area contributed by atoms with Gasteiger partial charge in [-0.3, -0.25) is 0 Å². The Morgan fingerprint density at radius 2 is 1.77 bits per heavy atom. The van der Waals surface area contributed by atoms with E-state index in [4.69, 9.17) is 5.26 Å². The molecule has 3 rings (SSSR count). The van der Waals surface area contributed by atoms with Gasteiger partial charge < -0.3 is 4.90 Å². The SMILES string of the molecule is CCCc1ccc(S(=O)(=O)N2CCN(c3ccc(C#N)nc3)CC2)cc1. The van der Waals surface area contributed by atoms with Gasteiger partial charge in [-0.25, -0.2) is 13.4 Å². The van der Waals surface area contributed by atoms with E-state index in [1.165, 1.54) is 4.31 Å². The van der Waals surface area contributed by atoms with Gasteiger partial charge in [0, 0.05) is 26.2 Å². The van der Waals surface area contributed by atoms with Gasteiger partial charge in [-0.15, -0.1) is 0 Å². The third-order valence-electron chi connectivity index (χ3n) is 4.57. The lowest BCUT2D eigenvalue weighted by Gasteiger charge is -2.35. The van der Waals surface area contributed by atoms with Crippen molar-refractivity contribution in [2.24, 2.45) is 0 Å². The van der Waals surface area contributed by atoms with Crippen LogP contribution in [-0.4, -0.2) is 43.9 Å². The maximum absolute atomic E-state index is 12.8. The Morgan fingerprint density at radius 3 is 2.31 bits per heavy atom. The molecule has 1 fully saturated rings. The molecule has 0 spiro atoms. The van der Waals surface area contributed by atoms with Crippen LogP contribution in [0.25, 0.3) is 0 Å². The highest BCUT2D eigenvalue weighted by molar-refractivity contribution is 7.89. The van der Waals surface area contributed by atoms with Crippen LogP contribution in [0, 0.1) is 11.3 Å². The Morgan fingerprint density at radius 1 is 1.08 bits per heavy atom. The molecular weight excluding hydrogens is 348 g/mol.